The van der Waals surface area contributed by atoms with E-state index in [-0.39, 0.29) is 16.8 Å². The van der Waals surface area contributed by atoms with Crippen LogP contribution >= 0.6 is 0 Å². The van der Waals surface area contributed by atoms with Crippen LogP contribution in [0.15, 0.2) is 23.5 Å². The molecule has 0 spiro atoms. The van der Waals surface area contributed by atoms with Gasteiger partial charge in [-0.2, -0.15) is 0 Å². The molecule has 2 unspecified atom stereocenters. The maximum Gasteiger partial charge on any atom is 0.155 e. The molecule has 1 fully saturated rings. The number of rotatable bonds is 2. The monoisotopic (exact) mass is 220 g/mol. The molecule has 0 aromatic carbocycles. The predicted octanol–water partition coefficient (Wildman–Crippen LogP) is 3.24. The zero-order valence-corrected chi connectivity index (χ0v) is 10.8. The van der Waals surface area contributed by atoms with Gasteiger partial charge < -0.3 is 4.74 Å². The number of carbonyl (C=O) groups excluding carboxylic acids is 1. The van der Waals surface area contributed by atoms with Crippen molar-refractivity contribution in [1.82, 2.24) is 0 Å². The molecule has 1 aliphatic heterocycles. The Morgan fingerprint density at radius 2 is 2.12 bits per heavy atom. The number of ketones is 1. The Kier molecular flexibility index (Phi) is 2.30. The van der Waals surface area contributed by atoms with Crippen molar-refractivity contribution >= 4 is 5.78 Å². The lowest BCUT2D eigenvalue weighted by atomic mass is 9.52. The summed E-state index contributed by atoms with van der Waals surface area (Å²) in [6.07, 6.45) is 5.36. The van der Waals surface area contributed by atoms with Crippen molar-refractivity contribution in [2.24, 2.45) is 11.3 Å². The first-order valence-corrected chi connectivity index (χ1v) is 5.86. The first kappa shape index (κ1) is 11.4. The Morgan fingerprint density at radius 1 is 1.50 bits per heavy atom. The molecule has 16 heavy (non-hydrogen) atoms. The second kappa shape index (κ2) is 3.22. The van der Waals surface area contributed by atoms with Crippen molar-refractivity contribution in [3.8, 4) is 0 Å². The Balaban J connectivity index is 2.36. The average Bonchev–Trinajstić information content (AvgIpc) is 2.39. The molecule has 0 aromatic rings. The summed E-state index contributed by atoms with van der Waals surface area (Å²) in [5.74, 6) is 1.56. The van der Waals surface area contributed by atoms with Gasteiger partial charge in [-0.1, -0.05) is 13.8 Å². The van der Waals surface area contributed by atoms with E-state index in [2.05, 4.69) is 19.9 Å². The summed E-state index contributed by atoms with van der Waals surface area (Å²) < 4.78 is 6.02. The van der Waals surface area contributed by atoms with Gasteiger partial charge in [-0.25, -0.2) is 0 Å². The van der Waals surface area contributed by atoms with Crippen molar-refractivity contribution in [2.45, 2.75) is 46.6 Å². The van der Waals surface area contributed by atoms with Crippen molar-refractivity contribution in [1.29, 1.82) is 0 Å². The zero-order valence-electron chi connectivity index (χ0n) is 10.8. The van der Waals surface area contributed by atoms with Crippen LogP contribution in [0.3, 0.4) is 0 Å². The highest BCUT2D eigenvalue weighted by atomic mass is 16.5. The van der Waals surface area contributed by atoms with Gasteiger partial charge in [-0.3, -0.25) is 4.79 Å². The highest BCUT2D eigenvalue weighted by Gasteiger charge is 2.63. The maximum atomic E-state index is 11.4. The number of fused-ring (bicyclic) bond motifs is 1. The minimum Gasteiger partial charge on any atom is -0.487 e. The highest BCUT2D eigenvalue weighted by molar-refractivity contribution is 5.92. The molecule has 1 saturated carbocycles. The molecule has 2 atom stereocenters. The van der Waals surface area contributed by atoms with Crippen LogP contribution in [-0.2, 0) is 9.53 Å². The van der Waals surface area contributed by atoms with Gasteiger partial charge in [0.25, 0.3) is 0 Å². The maximum absolute atomic E-state index is 11.4. The molecular weight excluding hydrogens is 200 g/mol. The Labute approximate surface area is 97.4 Å². The van der Waals surface area contributed by atoms with E-state index in [4.69, 9.17) is 4.74 Å². The number of carbonyl (C=O) groups is 1. The summed E-state index contributed by atoms with van der Waals surface area (Å²) in [4.78, 5) is 11.4. The van der Waals surface area contributed by atoms with Crippen molar-refractivity contribution in [3.05, 3.63) is 23.5 Å². The third-order valence-electron chi connectivity index (χ3n) is 4.09. The molecule has 2 nitrogen and oxygen atoms in total. The Morgan fingerprint density at radius 3 is 2.56 bits per heavy atom. The van der Waals surface area contributed by atoms with Crippen LogP contribution in [-0.4, -0.2) is 11.4 Å². The van der Waals surface area contributed by atoms with E-state index >= 15 is 0 Å². The molecule has 2 rings (SSSR count). The van der Waals surface area contributed by atoms with Gasteiger partial charge >= 0.3 is 0 Å². The molecule has 0 saturated heterocycles. The summed E-state index contributed by atoms with van der Waals surface area (Å²) in [5, 5.41) is 0. The summed E-state index contributed by atoms with van der Waals surface area (Å²) in [6.45, 7) is 9.89. The molecule has 0 N–H and O–H groups in total. The molecule has 0 amide bonds. The predicted molar refractivity (Wildman–Crippen MR) is 63.9 cm³/mol. The molecular formula is C14H20O2. The van der Waals surface area contributed by atoms with Gasteiger partial charge in [0, 0.05) is 11.3 Å². The number of ether oxygens (including phenoxy) is 1. The van der Waals surface area contributed by atoms with Gasteiger partial charge in [0.2, 0.25) is 0 Å². The van der Waals surface area contributed by atoms with E-state index in [1.165, 1.54) is 0 Å². The Bertz CT molecular complexity index is 401. The van der Waals surface area contributed by atoms with Crippen molar-refractivity contribution < 1.29 is 9.53 Å². The lowest BCUT2D eigenvalue weighted by Crippen LogP contribution is -2.58. The fourth-order valence-corrected chi connectivity index (χ4v) is 2.97. The highest BCUT2D eigenvalue weighted by Crippen LogP contribution is 2.61. The van der Waals surface area contributed by atoms with Crippen LogP contribution in [0.25, 0.3) is 0 Å². The average molecular weight is 220 g/mol. The molecule has 0 radical (unpaired) electrons. The summed E-state index contributed by atoms with van der Waals surface area (Å²) in [6, 6.07) is 0. The summed E-state index contributed by atoms with van der Waals surface area (Å²) >= 11 is 0. The van der Waals surface area contributed by atoms with Gasteiger partial charge in [-0.15, -0.1) is 0 Å². The first-order valence-electron chi connectivity index (χ1n) is 5.86. The van der Waals surface area contributed by atoms with Crippen molar-refractivity contribution in [2.75, 3.05) is 0 Å². The molecule has 1 aliphatic carbocycles. The fraction of sp³-hybridized carbons (Fsp3) is 0.643. The fourth-order valence-electron chi connectivity index (χ4n) is 2.97. The molecule has 0 bridgehead atoms. The van der Waals surface area contributed by atoms with Crippen LogP contribution in [0.5, 0.6) is 0 Å². The Hall–Kier alpha value is -1.05. The minimum atomic E-state index is -0.271. The van der Waals surface area contributed by atoms with Crippen LogP contribution in [0.4, 0.5) is 0 Å². The topological polar surface area (TPSA) is 26.3 Å². The van der Waals surface area contributed by atoms with E-state index < -0.39 is 0 Å². The van der Waals surface area contributed by atoms with Crippen LogP contribution in [0.1, 0.15) is 41.0 Å². The van der Waals surface area contributed by atoms with E-state index in [1.807, 2.05) is 19.9 Å². The zero-order chi connectivity index (χ0) is 12.1. The molecule has 1 heterocycles. The van der Waals surface area contributed by atoms with Crippen LogP contribution in [0.2, 0.25) is 0 Å². The molecule has 88 valence electrons. The van der Waals surface area contributed by atoms with E-state index in [0.29, 0.717) is 5.92 Å². The third-order valence-corrected chi connectivity index (χ3v) is 4.09. The minimum absolute atomic E-state index is 0.114. The van der Waals surface area contributed by atoms with Crippen LogP contribution in [0, 0.1) is 11.3 Å². The van der Waals surface area contributed by atoms with E-state index in [9.17, 15) is 4.79 Å². The summed E-state index contributed by atoms with van der Waals surface area (Å²) in [5.41, 5.74) is 0.649. The number of hydrogen-bond donors (Lipinski definition) is 0. The van der Waals surface area contributed by atoms with Gasteiger partial charge in [0.05, 0.1) is 5.76 Å². The van der Waals surface area contributed by atoms with Crippen molar-refractivity contribution in [3.63, 3.8) is 0 Å². The first-order chi connectivity index (χ1) is 7.28. The quantitative estimate of drug-likeness (QED) is 0.668. The van der Waals surface area contributed by atoms with E-state index in [1.54, 1.807) is 6.92 Å². The third kappa shape index (κ3) is 1.35. The number of Topliss-reactive ketones (excluding diaryl/α,β-unsaturated/α-hetero) is 1. The number of allylic oxidation sites excluding steroid dienone is 2. The van der Waals surface area contributed by atoms with E-state index in [0.717, 1.165) is 17.8 Å². The number of hydrogen-bond acceptors (Lipinski definition) is 2. The lowest BCUT2D eigenvalue weighted by Gasteiger charge is -2.56. The normalized spacial score (nSPS) is 35.9. The second-order valence-electron chi connectivity index (χ2n) is 5.75. The smallest absolute Gasteiger partial charge is 0.155 e. The lowest BCUT2D eigenvalue weighted by molar-refractivity contribution is -0.141. The van der Waals surface area contributed by atoms with Gasteiger partial charge in [0.15, 0.2) is 5.78 Å². The van der Waals surface area contributed by atoms with Gasteiger partial charge in [-0.05, 0) is 44.9 Å². The van der Waals surface area contributed by atoms with Gasteiger partial charge in [0.1, 0.15) is 5.60 Å². The second-order valence-corrected chi connectivity index (χ2v) is 5.75. The standard InChI is InChI=1S/C14H20O2/c1-9(11(3)15)7-14-12(6-10(2)16-14)8-13(14,4)5/h6-7,12H,8H2,1-5H3. The summed E-state index contributed by atoms with van der Waals surface area (Å²) in [7, 11) is 0. The largest absolute Gasteiger partial charge is 0.487 e. The SMILES string of the molecule is CC(=O)C(C)=CC12OC(C)=CC1CC2(C)C. The van der Waals surface area contributed by atoms with Crippen LogP contribution < -0.4 is 0 Å². The molecule has 0 aromatic heterocycles. The molecule has 2 aliphatic rings. The molecule has 2 heteroatoms.